The molecule has 1 N–H and O–H groups in total. The molecular weight excluding hydrogens is 174 g/mol. The van der Waals surface area contributed by atoms with Crippen LogP contribution in [0.1, 0.15) is 12.8 Å². The van der Waals surface area contributed by atoms with Crippen molar-refractivity contribution >= 4 is 11.9 Å². The van der Waals surface area contributed by atoms with Gasteiger partial charge in [0.25, 0.3) is 0 Å². The Hall–Kier alpha value is -1.10. The van der Waals surface area contributed by atoms with E-state index < -0.39 is 5.97 Å². The van der Waals surface area contributed by atoms with Gasteiger partial charge in [0.05, 0.1) is 0 Å². The molecule has 0 aromatic carbocycles. The molecule has 0 aromatic heterocycles. The molecule has 1 amide bonds. The van der Waals surface area contributed by atoms with E-state index in [1.54, 1.807) is 0 Å². The average molecular weight is 187 g/mol. The van der Waals surface area contributed by atoms with E-state index in [4.69, 9.17) is 5.11 Å². The summed E-state index contributed by atoms with van der Waals surface area (Å²) in [6, 6.07) is 0.124. The van der Waals surface area contributed by atoms with E-state index in [1.807, 2.05) is 0 Å². The number of nitrogens with zero attached hydrogens (tertiary/aromatic N) is 1. The summed E-state index contributed by atoms with van der Waals surface area (Å²) >= 11 is 0. The third-order valence-electron chi connectivity index (χ3n) is 1.88. The van der Waals surface area contributed by atoms with Gasteiger partial charge in [-0.3, -0.25) is 9.59 Å². The second kappa shape index (κ2) is 4.23. The van der Waals surface area contributed by atoms with E-state index in [0.717, 1.165) is 12.8 Å². The highest BCUT2D eigenvalue weighted by atomic mass is 16.5. The van der Waals surface area contributed by atoms with Gasteiger partial charge in [-0.1, -0.05) is 0 Å². The van der Waals surface area contributed by atoms with E-state index in [-0.39, 0.29) is 25.1 Å². The fourth-order valence-corrected chi connectivity index (χ4v) is 1.16. The van der Waals surface area contributed by atoms with Crippen molar-refractivity contribution in [3.8, 4) is 0 Å². The molecule has 1 aliphatic rings. The number of hydrogen-bond donors (Lipinski definition) is 1. The van der Waals surface area contributed by atoms with Crippen LogP contribution in [0.5, 0.6) is 0 Å². The van der Waals surface area contributed by atoms with Gasteiger partial charge in [-0.05, 0) is 12.8 Å². The minimum Gasteiger partial charge on any atom is -0.480 e. The Morgan fingerprint density at radius 1 is 1.54 bits per heavy atom. The molecule has 0 spiro atoms. The van der Waals surface area contributed by atoms with Crippen molar-refractivity contribution in [2.24, 2.45) is 0 Å². The molecule has 0 unspecified atom stereocenters. The topological polar surface area (TPSA) is 66.8 Å². The molecule has 5 heteroatoms. The highest BCUT2D eigenvalue weighted by Gasteiger charge is 2.33. The van der Waals surface area contributed by atoms with E-state index in [9.17, 15) is 9.59 Å². The van der Waals surface area contributed by atoms with E-state index in [2.05, 4.69) is 4.74 Å². The first-order valence-electron chi connectivity index (χ1n) is 4.15. The highest BCUT2D eigenvalue weighted by molar-refractivity contribution is 5.82. The molecule has 0 aromatic rings. The monoisotopic (exact) mass is 187 g/mol. The average Bonchev–Trinajstić information content (AvgIpc) is 2.82. The fraction of sp³-hybridized carbons (Fsp3) is 0.750. The third kappa shape index (κ3) is 3.02. The summed E-state index contributed by atoms with van der Waals surface area (Å²) in [5.41, 5.74) is 0. The SMILES string of the molecule is COCC(=O)N(CC(=O)O)C1CC1. The van der Waals surface area contributed by atoms with Gasteiger partial charge in [0.2, 0.25) is 5.91 Å². The van der Waals surface area contributed by atoms with Crippen LogP contribution in [-0.4, -0.2) is 48.2 Å². The molecule has 1 fully saturated rings. The molecule has 0 radical (unpaired) electrons. The molecule has 0 aliphatic heterocycles. The van der Waals surface area contributed by atoms with Crippen LogP contribution in [0.3, 0.4) is 0 Å². The molecule has 74 valence electrons. The number of methoxy groups -OCH3 is 1. The van der Waals surface area contributed by atoms with Crippen LogP contribution in [0.25, 0.3) is 0 Å². The lowest BCUT2D eigenvalue weighted by molar-refractivity contribution is -0.146. The summed E-state index contributed by atoms with van der Waals surface area (Å²) in [7, 11) is 1.42. The van der Waals surface area contributed by atoms with Gasteiger partial charge in [0.15, 0.2) is 0 Å². The van der Waals surface area contributed by atoms with Crippen molar-refractivity contribution in [3.63, 3.8) is 0 Å². The maximum atomic E-state index is 11.3. The molecule has 1 aliphatic carbocycles. The first-order chi connectivity index (χ1) is 6.15. The van der Waals surface area contributed by atoms with Crippen molar-refractivity contribution in [3.05, 3.63) is 0 Å². The van der Waals surface area contributed by atoms with Gasteiger partial charge in [-0.2, -0.15) is 0 Å². The van der Waals surface area contributed by atoms with E-state index in [0.29, 0.717) is 0 Å². The molecular formula is C8H13NO4. The van der Waals surface area contributed by atoms with Gasteiger partial charge < -0.3 is 14.7 Å². The highest BCUT2D eigenvalue weighted by Crippen LogP contribution is 2.26. The summed E-state index contributed by atoms with van der Waals surface area (Å²) in [6.45, 7) is -0.253. The van der Waals surface area contributed by atoms with Gasteiger partial charge >= 0.3 is 5.97 Å². The Morgan fingerprint density at radius 2 is 2.15 bits per heavy atom. The molecule has 0 bridgehead atoms. The Bertz CT molecular complexity index is 212. The zero-order chi connectivity index (χ0) is 9.84. The van der Waals surface area contributed by atoms with Gasteiger partial charge in [-0.15, -0.1) is 0 Å². The summed E-state index contributed by atoms with van der Waals surface area (Å²) in [5.74, 6) is -1.22. The van der Waals surface area contributed by atoms with Crippen molar-refractivity contribution in [2.45, 2.75) is 18.9 Å². The van der Waals surface area contributed by atoms with E-state index in [1.165, 1.54) is 12.0 Å². The predicted octanol–water partition coefficient (Wildman–Crippen LogP) is -0.292. The zero-order valence-electron chi connectivity index (χ0n) is 7.52. The predicted molar refractivity (Wildman–Crippen MR) is 44.2 cm³/mol. The van der Waals surface area contributed by atoms with Crippen molar-refractivity contribution in [1.29, 1.82) is 0 Å². The number of carboxylic acids is 1. The molecule has 0 heterocycles. The fourth-order valence-electron chi connectivity index (χ4n) is 1.16. The summed E-state index contributed by atoms with van der Waals surface area (Å²) in [6.07, 6.45) is 1.81. The quantitative estimate of drug-likeness (QED) is 0.642. The Morgan fingerprint density at radius 3 is 2.54 bits per heavy atom. The number of carbonyl (C=O) groups excluding carboxylic acids is 1. The lowest BCUT2D eigenvalue weighted by Crippen LogP contribution is -2.39. The number of hydrogen-bond acceptors (Lipinski definition) is 3. The minimum atomic E-state index is -0.976. The second-order valence-corrected chi connectivity index (χ2v) is 3.08. The Labute approximate surface area is 76.3 Å². The van der Waals surface area contributed by atoms with Crippen LogP contribution in [0.15, 0.2) is 0 Å². The van der Waals surface area contributed by atoms with Crippen LogP contribution in [0, 0.1) is 0 Å². The number of carbonyl (C=O) groups is 2. The minimum absolute atomic E-state index is 0.0379. The van der Waals surface area contributed by atoms with Crippen LogP contribution in [0.2, 0.25) is 0 Å². The second-order valence-electron chi connectivity index (χ2n) is 3.08. The van der Waals surface area contributed by atoms with Crippen LogP contribution >= 0.6 is 0 Å². The van der Waals surface area contributed by atoms with Crippen molar-refractivity contribution in [2.75, 3.05) is 20.3 Å². The smallest absolute Gasteiger partial charge is 0.323 e. The Kier molecular flexibility index (Phi) is 3.25. The summed E-state index contributed by atoms with van der Waals surface area (Å²) in [4.78, 5) is 23.1. The standard InChI is InChI=1S/C8H13NO4/c1-13-5-7(10)9(4-8(11)12)6-2-3-6/h6H,2-5H2,1H3,(H,11,12). The zero-order valence-corrected chi connectivity index (χ0v) is 7.52. The lowest BCUT2D eigenvalue weighted by atomic mass is 10.4. The molecule has 5 nitrogen and oxygen atoms in total. The van der Waals surface area contributed by atoms with Gasteiger partial charge in [0, 0.05) is 13.2 Å². The first kappa shape index (κ1) is 9.98. The summed E-state index contributed by atoms with van der Waals surface area (Å²) < 4.78 is 4.66. The van der Waals surface area contributed by atoms with Crippen LogP contribution in [0.4, 0.5) is 0 Å². The molecule has 0 atom stereocenters. The number of rotatable bonds is 5. The molecule has 1 rings (SSSR count). The Balaban J connectivity index is 2.45. The van der Waals surface area contributed by atoms with E-state index >= 15 is 0 Å². The summed E-state index contributed by atoms with van der Waals surface area (Å²) in [5, 5.41) is 8.54. The van der Waals surface area contributed by atoms with Gasteiger partial charge in [-0.25, -0.2) is 0 Å². The number of carboxylic acid groups (broad SMARTS) is 1. The normalized spacial score (nSPS) is 15.5. The van der Waals surface area contributed by atoms with Crippen molar-refractivity contribution in [1.82, 2.24) is 4.90 Å². The first-order valence-corrected chi connectivity index (χ1v) is 4.15. The van der Waals surface area contributed by atoms with Crippen LogP contribution < -0.4 is 0 Å². The maximum absolute atomic E-state index is 11.3. The number of amides is 1. The largest absolute Gasteiger partial charge is 0.480 e. The number of aliphatic carboxylic acids is 1. The third-order valence-corrected chi connectivity index (χ3v) is 1.88. The number of ether oxygens (including phenoxy) is 1. The molecule has 1 saturated carbocycles. The van der Waals surface area contributed by atoms with Crippen molar-refractivity contribution < 1.29 is 19.4 Å². The molecule has 0 saturated heterocycles. The van der Waals surface area contributed by atoms with Crippen LogP contribution in [-0.2, 0) is 14.3 Å². The maximum Gasteiger partial charge on any atom is 0.323 e. The molecule has 13 heavy (non-hydrogen) atoms. The lowest BCUT2D eigenvalue weighted by Gasteiger charge is -2.19. The van der Waals surface area contributed by atoms with Gasteiger partial charge in [0.1, 0.15) is 13.2 Å².